The number of aromatic nitrogens is 5. The topological polar surface area (TPSA) is 56.5 Å². The number of hydrogen-bond acceptors (Lipinski definition) is 4. The molecule has 0 bridgehead atoms. The van der Waals surface area contributed by atoms with Crippen molar-refractivity contribution in [1.82, 2.24) is 25.0 Å². The van der Waals surface area contributed by atoms with E-state index in [-0.39, 0.29) is 0 Å². The highest BCUT2D eigenvalue weighted by Gasteiger charge is 2.15. The Balaban J connectivity index is 1.92. The largest absolute Gasteiger partial charge is 0.221 e. The van der Waals surface area contributed by atoms with Crippen molar-refractivity contribution in [3.05, 3.63) is 65.3 Å². The fourth-order valence-electron chi connectivity index (χ4n) is 2.45. The Labute approximate surface area is 137 Å². The van der Waals surface area contributed by atoms with E-state index >= 15 is 0 Å². The summed E-state index contributed by atoms with van der Waals surface area (Å²) in [5.41, 5.74) is 3.78. The lowest BCUT2D eigenvalue weighted by molar-refractivity contribution is 0.863. The molecule has 2 aromatic heterocycles. The highest BCUT2D eigenvalue weighted by atomic mass is 35.5. The molecular formula is C17H12ClN5. The summed E-state index contributed by atoms with van der Waals surface area (Å²) >= 11 is 6.27. The van der Waals surface area contributed by atoms with E-state index in [2.05, 4.69) is 20.3 Å². The van der Waals surface area contributed by atoms with Crippen LogP contribution in [0.4, 0.5) is 0 Å². The summed E-state index contributed by atoms with van der Waals surface area (Å²) < 4.78 is 1.68. The Morgan fingerprint density at radius 2 is 1.65 bits per heavy atom. The lowest BCUT2D eigenvalue weighted by atomic mass is 10.2. The minimum Gasteiger partial charge on any atom is -0.221 e. The van der Waals surface area contributed by atoms with E-state index in [1.165, 1.54) is 0 Å². The maximum atomic E-state index is 6.27. The van der Waals surface area contributed by atoms with Crippen LogP contribution in [0.25, 0.3) is 28.2 Å². The molecule has 0 radical (unpaired) electrons. The third-order valence-corrected chi connectivity index (χ3v) is 3.89. The summed E-state index contributed by atoms with van der Waals surface area (Å²) in [6, 6.07) is 17.3. The number of para-hydroxylation sites is 1. The van der Waals surface area contributed by atoms with Crippen molar-refractivity contribution in [3.8, 4) is 17.1 Å². The minimum atomic E-state index is 0.583. The van der Waals surface area contributed by atoms with Crippen molar-refractivity contribution in [2.75, 3.05) is 0 Å². The predicted molar refractivity (Wildman–Crippen MR) is 89.6 cm³/mol. The number of halogens is 1. The molecule has 0 aliphatic carbocycles. The summed E-state index contributed by atoms with van der Waals surface area (Å²) in [7, 11) is 0. The maximum Gasteiger partial charge on any atom is 0.204 e. The maximum absolute atomic E-state index is 6.27. The molecule has 0 aliphatic heterocycles. The van der Waals surface area contributed by atoms with Gasteiger partial charge in [-0.3, -0.25) is 0 Å². The van der Waals surface area contributed by atoms with Gasteiger partial charge in [0.15, 0.2) is 5.82 Å². The van der Waals surface area contributed by atoms with Gasteiger partial charge in [0.1, 0.15) is 5.52 Å². The molecule has 0 fully saturated rings. The Hall–Kier alpha value is -2.79. The van der Waals surface area contributed by atoms with E-state index in [0.717, 1.165) is 22.5 Å². The average molecular weight is 322 g/mol. The molecule has 0 unspecified atom stereocenters. The predicted octanol–water partition coefficient (Wildman–Crippen LogP) is 3.84. The Morgan fingerprint density at radius 1 is 0.913 bits per heavy atom. The normalized spacial score (nSPS) is 11.0. The van der Waals surface area contributed by atoms with E-state index in [4.69, 9.17) is 11.6 Å². The fourth-order valence-corrected chi connectivity index (χ4v) is 2.67. The molecule has 0 atom stereocenters. The van der Waals surface area contributed by atoms with E-state index in [1.807, 2.05) is 61.5 Å². The molecular weight excluding hydrogens is 310 g/mol. The van der Waals surface area contributed by atoms with Crippen LogP contribution in [-0.4, -0.2) is 25.0 Å². The van der Waals surface area contributed by atoms with Gasteiger partial charge in [-0.05, 0) is 19.1 Å². The van der Waals surface area contributed by atoms with Crippen LogP contribution in [0.5, 0.6) is 0 Å². The Kier molecular flexibility index (Phi) is 3.28. The lowest BCUT2D eigenvalue weighted by Crippen LogP contribution is -2.00. The first-order valence-electron chi connectivity index (χ1n) is 7.14. The summed E-state index contributed by atoms with van der Waals surface area (Å²) in [6.45, 7) is 1.90. The van der Waals surface area contributed by atoms with Gasteiger partial charge in [0.2, 0.25) is 5.65 Å². The molecule has 112 valence electrons. The smallest absolute Gasteiger partial charge is 0.204 e. The van der Waals surface area contributed by atoms with E-state index in [0.29, 0.717) is 16.5 Å². The fraction of sp³-hybridized carbons (Fsp3) is 0.0588. The van der Waals surface area contributed by atoms with Gasteiger partial charge in [0.05, 0.1) is 16.4 Å². The molecule has 0 saturated carbocycles. The molecule has 0 aliphatic rings. The second kappa shape index (κ2) is 5.44. The third kappa shape index (κ3) is 2.35. The van der Waals surface area contributed by atoms with Crippen molar-refractivity contribution in [2.24, 2.45) is 0 Å². The minimum absolute atomic E-state index is 0.583. The molecule has 0 saturated heterocycles. The number of hydrogen-bond donors (Lipinski definition) is 0. The number of aryl methyl sites for hydroxylation is 1. The summed E-state index contributed by atoms with van der Waals surface area (Å²) in [5, 5.41) is 13.7. The van der Waals surface area contributed by atoms with Gasteiger partial charge in [-0.15, -0.1) is 10.2 Å². The van der Waals surface area contributed by atoms with Gasteiger partial charge in [-0.1, -0.05) is 54.1 Å². The van der Waals surface area contributed by atoms with Crippen molar-refractivity contribution in [1.29, 1.82) is 0 Å². The molecule has 4 aromatic rings. The molecule has 6 heteroatoms. The summed E-state index contributed by atoms with van der Waals surface area (Å²) in [5.74, 6) is 0.583. The first-order valence-corrected chi connectivity index (χ1v) is 7.52. The zero-order valence-electron chi connectivity index (χ0n) is 12.3. The summed E-state index contributed by atoms with van der Waals surface area (Å²) in [6.07, 6.45) is 0. The number of rotatable bonds is 2. The van der Waals surface area contributed by atoms with E-state index in [1.54, 1.807) is 4.68 Å². The van der Waals surface area contributed by atoms with Gasteiger partial charge in [-0.2, -0.15) is 5.10 Å². The SMILES string of the molecule is Cc1nn(-c2ccccc2Cl)c2nnc(-c3ccccc3)nc12. The Bertz CT molecular complexity index is 994. The number of nitrogens with zero attached hydrogens (tertiary/aromatic N) is 5. The van der Waals surface area contributed by atoms with Gasteiger partial charge in [-0.25, -0.2) is 9.67 Å². The van der Waals surface area contributed by atoms with Crippen LogP contribution in [0.1, 0.15) is 5.69 Å². The van der Waals surface area contributed by atoms with Crippen LogP contribution in [-0.2, 0) is 0 Å². The van der Waals surface area contributed by atoms with Crippen molar-refractivity contribution in [2.45, 2.75) is 6.92 Å². The van der Waals surface area contributed by atoms with E-state index in [9.17, 15) is 0 Å². The van der Waals surface area contributed by atoms with Crippen molar-refractivity contribution >= 4 is 22.8 Å². The highest BCUT2D eigenvalue weighted by molar-refractivity contribution is 6.32. The van der Waals surface area contributed by atoms with Crippen LogP contribution in [0, 0.1) is 6.92 Å². The molecule has 4 rings (SSSR count). The Morgan fingerprint density at radius 3 is 2.43 bits per heavy atom. The molecule has 23 heavy (non-hydrogen) atoms. The van der Waals surface area contributed by atoms with Crippen molar-refractivity contribution in [3.63, 3.8) is 0 Å². The zero-order valence-corrected chi connectivity index (χ0v) is 13.1. The van der Waals surface area contributed by atoms with Crippen LogP contribution in [0.3, 0.4) is 0 Å². The van der Waals surface area contributed by atoms with Crippen LogP contribution >= 0.6 is 11.6 Å². The third-order valence-electron chi connectivity index (χ3n) is 3.57. The lowest BCUT2D eigenvalue weighted by Gasteiger charge is -2.04. The van der Waals surface area contributed by atoms with E-state index < -0.39 is 0 Å². The van der Waals surface area contributed by atoms with Crippen LogP contribution < -0.4 is 0 Å². The first-order chi connectivity index (χ1) is 11.2. The number of benzene rings is 2. The number of fused-ring (bicyclic) bond motifs is 1. The second-order valence-corrected chi connectivity index (χ2v) is 5.53. The van der Waals surface area contributed by atoms with Gasteiger partial charge in [0, 0.05) is 5.56 Å². The van der Waals surface area contributed by atoms with Gasteiger partial charge in [0.25, 0.3) is 0 Å². The van der Waals surface area contributed by atoms with Gasteiger partial charge >= 0.3 is 0 Å². The average Bonchev–Trinajstić information content (AvgIpc) is 2.92. The van der Waals surface area contributed by atoms with Crippen LogP contribution in [0.15, 0.2) is 54.6 Å². The van der Waals surface area contributed by atoms with Gasteiger partial charge < -0.3 is 0 Å². The second-order valence-electron chi connectivity index (χ2n) is 5.12. The molecule has 0 amide bonds. The monoisotopic (exact) mass is 321 g/mol. The molecule has 0 N–H and O–H groups in total. The summed E-state index contributed by atoms with van der Waals surface area (Å²) in [4.78, 5) is 4.62. The zero-order chi connectivity index (χ0) is 15.8. The van der Waals surface area contributed by atoms with Crippen LogP contribution in [0.2, 0.25) is 5.02 Å². The van der Waals surface area contributed by atoms with Crippen molar-refractivity contribution < 1.29 is 0 Å². The molecule has 2 heterocycles. The standard InChI is InChI=1S/C17H12ClN5/c1-11-15-17(23(22-11)14-10-6-5-9-13(14)18)21-20-16(19-15)12-7-3-2-4-8-12/h2-10H,1H3. The quantitative estimate of drug-likeness (QED) is 0.563. The molecule has 0 spiro atoms. The first kappa shape index (κ1) is 13.8. The highest BCUT2D eigenvalue weighted by Crippen LogP contribution is 2.25. The molecule has 5 nitrogen and oxygen atoms in total. The molecule has 2 aromatic carbocycles.